The highest BCUT2D eigenvalue weighted by Crippen LogP contribution is 2.30. The molecule has 0 N–H and O–H groups in total. The van der Waals surface area contributed by atoms with Crippen molar-refractivity contribution in [1.29, 1.82) is 0 Å². The number of rotatable bonds is 6. The van der Waals surface area contributed by atoms with E-state index in [1.54, 1.807) is 15.7 Å². The fourth-order valence-electron chi connectivity index (χ4n) is 4.04. The maximum atomic E-state index is 12.9. The number of thiazole rings is 1. The van der Waals surface area contributed by atoms with E-state index in [9.17, 15) is 9.59 Å². The number of carbonyl (C=O) groups excluding carboxylic acids is 1. The topological polar surface area (TPSA) is 60.7 Å². The average molecular weight is 411 g/mol. The van der Waals surface area contributed by atoms with Crippen LogP contribution in [0.5, 0.6) is 0 Å². The van der Waals surface area contributed by atoms with Crippen LogP contribution in [0.1, 0.15) is 60.9 Å². The number of esters is 1. The Labute approximate surface area is 174 Å². The zero-order chi connectivity index (χ0) is 20.4. The molecular weight excluding hydrogens is 384 g/mol. The van der Waals surface area contributed by atoms with Crippen molar-refractivity contribution in [2.45, 2.75) is 58.5 Å². The Hall–Kier alpha value is -2.47. The molecule has 0 radical (unpaired) electrons. The van der Waals surface area contributed by atoms with E-state index in [1.807, 2.05) is 30.3 Å². The van der Waals surface area contributed by atoms with E-state index in [2.05, 4.69) is 18.8 Å². The molecule has 0 spiro atoms. The number of aromatic nitrogens is 2. The standard InChI is InChI=1S/C23H26N2O3S/c1-3-15(2)21(16-9-5-4-6-10-16)22(27)28-14-17-13-20(26)25-18-11-7-8-12-19(18)29-23(25)24-17/h4-6,9-10,13,15,21H,3,7-8,11-12,14H2,1-2H3/t15-,21-/m0/s1. The van der Waals surface area contributed by atoms with Crippen molar-refractivity contribution < 1.29 is 9.53 Å². The van der Waals surface area contributed by atoms with Crippen molar-refractivity contribution in [2.24, 2.45) is 5.92 Å². The van der Waals surface area contributed by atoms with Crippen LogP contribution in [0.2, 0.25) is 0 Å². The van der Waals surface area contributed by atoms with Crippen LogP contribution in [0.25, 0.3) is 4.96 Å². The lowest BCUT2D eigenvalue weighted by Crippen LogP contribution is -2.23. The Morgan fingerprint density at radius 3 is 2.76 bits per heavy atom. The molecule has 2 heterocycles. The lowest BCUT2D eigenvalue weighted by Gasteiger charge is -2.21. The van der Waals surface area contributed by atoms with Crippen LogP contribution >= 0.6 is 11.3 Å². The van der Waals surface area contributed by atoms with Gasteiger partial charge < -0.3 is 4.74 Å². The fraction of sp³-hybridized carbons (Fsp3) is 0.435. The van der Waals surface area contributed by atoms with Crippen molar-refractivity contribution in [3.05, 3.63) is 68.6 Å². The van der Waals surface area contributed by atoms with Gasteiger partial charge in [-0.3, -0.25) is 14.0 Å². The molecular formula is C23H26N2O3S. The van der Waals surface area contributed by atoms with Crippen LogP contribution in [0, 0.1) is 5.92 Å². The molecule has 2 aromatic heterocycles. The monoisotopic (exact) mass is 410 g/mol. The Morgan fingerprint density at radius 2 is 2.00 bits per heavy atom. The second-order valence-corrected chi connectivity index (χ2v) is 8.83. The Balaban J connectivity index is 1.55. The van der Waals surface area contributed by atoms with Crippen molar-refractivity contribution >= 4 is 22.3 Å². The third kappa shape index (κ3) is 3.99. The molecule has 0 saturated heterocycles. The summed E-state index contributed by atoms with van der Waals surface area (Å²) in [7, 11) is 0. The molecule has 0 fully saturated rings. The predicted molar refractivity (Wildman–Crippen MR) is 114 cm³/mol. The third-order valence-electron chi connectivity index (χ3n) is 5.80. The fourth-order valence-corrected chi connectivity index (χ4v) is 5.28. The van der Waals surface area contributed by atoms with Gasteiger partial charge in [0.2, 0.25) is 0 Å². The summed E-state index contributed by atoms with van der Waals surface area (Å²) in [5, 5.41) is 0. The average Bonchev–Trinajstić information content (AvgIpc) is 3.12. The van der Waals surface area contributed by atoms with Gasteiger partial charge in [-0.1, -0.05) is 50.6 Å². The van der Waals surface area contributed by atoms with Gasteiger partial charge in [0, 0.05) is 16.6 Å². The first-order chi connectivity index (χ1) is 14.1. The summed E-state index contributed by atoms with van der Waals surface area (Å²) < 4.78 is 7.36. The van der Waals surface area contributed by atoms with Crippen LogP contribution in [-0.4, -0.2) is 15.4 Å². The highest BCUT2D eigenvalue weighted by atomic mass is 32.1. The Morgan fingerprint density at radius 1 is 1.24 bits per heavy atom. The lowest BCUT2D eigenvalue weighted by atomic mass is 9.86. The predicted octanol–water partition coefficient (Wildman–Crippen LogP) is 4.51. The molecule has 0 aliphatic heterocycles. The summed E-state index contributed by atoms with van der Waals surface area (Å²) in [6.45, 7) is 4.15. The summed E-state index contributed by atoms with van der Waals surface area (Å²) in [6, 6.07) is 11.2. The highest BCUT2D eigenvalue weighted by Gasteiger charge is 2.27. The van der Waals surface area contributed by atoms with Gasteiger partial charge >= 0.3 is 5.97 Å². The van der Waals surface area contributed by atoms with Crippen LogP contribution in [-0.2, 0) is 29.0 Å². The second kappa shape index (κ2) is 8.49. The first kappa shape index (κ1) is 19.8. The van der Waals surface area contributed by atoms with Gasteiger partial charge in [-0.25, -0.2) is 4.98 Å². The molecule has 152 valence electrons. The number of fused-ring (bicyclic) bond motifs is 3. The first-order valence-electron chi connectivity index (χ1n) is 10.3. The van der Waals surface area contributed by atoms with E-state index in [-0.39, 0.29) is 30.0 Å². The second-order valence-electron chi connectivity index (χ2n) is 7.76. The Kier molecular flexibility index (Phi) is 5.81. The van der Waals surface area contributed by atoms with E-state index < -0.39 is 0 Å². The summed E-state index contributed by atoms with van der Waals surface area (Å²) >= 11 is 1.59. The SMILES string of the molecule is CC[C@H](C)[C@H](C(=O)OCc1cc(=O)n2c3c(sc2n1)CCCC3)c1ccccc1. The van der Waals surface area contributed by atoms with Crippen molar-refractivity contribution in [3.63, 3.8) is 0 Å². The number of aryl methyl sites for hydroxylation is 2. The zero-order valence-corrected chi connectivity index (χ0v) is 17.7. The normalized spacial score (nSPS) is 15.7. The summed E-state index contributed by atoms with van der Waals surface area (Å²) in [6.07, 6.45) is 5.09. The number of hydrogen-bond acceptors (Lipinski definition) is 5. The molecule has 4 rings (SSSR count). The zero-order valence-electron chi connectivity index (χ0n) is 16.9. The summed E-state index contributed by atoms with van der Waals surface area (Å²) in [5.74, 6) is -0.423. The van der Waals surface area contributed by atoms with Crippen LogP contribution < -0.4 is 5.56 Å². The van der Waals surface area contributed by atoms with E-state index >= 15 is 0 Å². The summed E-state index contributed by atoms with van der Waals surface area (Å²) in [4.78, 5) is 32.2. The quantitative estimate of drug-likeness (QED) is 0.561. The number of carbonyl (C=O) groups is 1. The van der Waals surface area contributed by atoms with E-state index in [4.69, 9.17) is 4.74 Å². The van der Waals surface area contributed by atoms with E-state index in [0.29, 0.717) is 10.7 Å². The van der Waals surface area contributed by atoms with Gasteiger partial charge in [0.25, 0.3) is 5.56 Å². The number of nitrogens with zero attached hydrogens (tertiary/aromatic N) is 2. The van der Waals surface area contributed by atoms with Crippen molar-refractivity contribution in [3.8, 4) is 0 Å². The molecule has 1 aliphatic carbocycles. The molecule has 0 unspecified atom stereocenters. The van der Waals surface area contributed by atoms with Crippen molar-refractivity contribution in [2.75, 3.05) is 0 Å². The Bertz CT molecular complexity index is 1070. The first-order valence-corrected chi connectivity index (χ1v) is 11.1. The smallest absolute Gasteiger partial charge is 0.314 e. The molecule has 0 amide bonds. The third-order valence-corrected chi connectivity index (χ3v) is 6.95. The molecule has 6 heteroatoms. The minimum Gasteiger partial charge on any atom is -0.459 e. The largest absolute Gasteiger partial charge is 0.459 e. The van der Waals surface area contributed by atoms with Gasteiger partial charge in [0.05, 0.1) is 11.6 Å². The van der Waals surface area contributed by atoms with Gasteiger partial charge in [-0.2, -0.15) is 0 Å². The maximum Gasteiger partial charge on any atom is 0.314 e. The van der Waals surface area contributed by atoms with E-state index in [0.717, 1.165) is 43.4 Å². The molecule has 1 aliphatic rings. The minimum atomic E-state index is -0.319. The van der Waals surface area contributed by atoms with Crippen LogP contribution in [0.15, 0.2) is 41.2 Å². The molecule has 2 atom stereocenters. The minimum absolute atomic E-state index is 0.0207. The van der Waals surface area contributed by atoms with Gasteiger partial charge in [0.1, 0.15) is 6.61 Å². The van der Waals surface area contributed by atoms with Crippen molar-refractivity contribution in [1.82, 2.24) is 9.38 Å². The highest BCUT2D eigenvalue weighted by molar-refractivity contribution is 7.17. The lowest BCUT2D eigenvalue weighted by molar-refractivity contribution is -0.148. The number of ether oxygens (including phenoxy) is 1. The number of benzene rings is 1. The van der Waals surface area contributed by atoms with Crippen LogP contribution in [0.4, 0.5) is 0 Å². The van der Waals surface area contributed by atoms with Gasteiger partial charge in [-0.15, -0.1) is 11.3 Å². The molecule has 3 aromatic rings. The summed E-state index contributed by atoms with van der Waals surface area (Å²) in [5.41, 5.74) is 2.50. The molecule has 29 heavy (non-hydrogen) atoms. The molecule has 0 bridgehead atoms. The molecule has 1 aromatic carbocycles. The van der Waals surface area contributed by atoms with E-state index in [1.165, 1.54) is 10.9 Å². The van der Waals surface area contributed by atoms with Gasteiger partial charge in [-0.05, 0) is 37.2 Å². The molecule has 0 saturated carbocycles. The maximum absolute atomic E-state index is 12.9. The number of hydrogen-bond donors (Lipinski definition) is 0. The van der Waals surface area contributed by atoms with Crippen LogP contribution in [0.3, 0.4) is 0 Å². The van der Waals surface area contributed by atoms with Gasteiger partial charge in [0.15, 0.2) is 4.96 Å². The molecule has 5 nitrogen and oxygen atoms in total.